The first kappa shape index (κ1) is 8.52. The fraction of sp³-hybridized carbons (Fsp3) is 0.0909. The third kappa shape index (κ3) is 1.50. The number of aromatic nitrogens is 1. The molecule has 0 aliphatic rings. The number of nitrogens with zero attached hydrogens (tertiary/aromatic N) is 2. The van der Waals surface area contributed by atoms with Gasteiger partial charge in [-0.25, -0.2) is 4.98 Å². The van der Waals surface area contributed by atoms with E-state index in [0.717, 1.165) is 11.1 Å². The molecule has 0 aliphatic carbocycles. The van der Waals surface area contributed by atoms with Crippen LogP contribution in [0.1, 0.15) is 5.56 Å². The monoisotopic (exact) mass is 184 g/mol. The minimum atomic E-state index is 0.374. The van der Waals surface area contributed by atoms with Crippen LogP contribution in [0.5, 0.6) is 0 Å². The second kappa shape index (κ2) is 3.75. The zero-order valence-electron chi connectivity index (χ0n) is 7.47. The Bertz CT molecular complexity index is 454. The lowest BCUT2D eigenvalue weighted by atomic mass is 10.1. The largest absolute Gasteiger partial charge is 0.445 e. The standard InChI is InChI=1S/C11H8N2O/c12-6-5-9-3-1-2-4-10(9)11-13-7-8-14-11/h1-4,7-8H,5H2. The van der Waals surface area contributed by atoms with Gasteiger partial charge in [0.2, 0.25) is 5.89 Å². The summed E-state index contributed by atoms with van der Waals surface area (Å²) in [4.78, 5) is 4.05. The number of nitriles is 1. The molecule has 1 heterocycles. The predicted octanol–water partition coefficient (Wildman–Crippen LogP) is 2.41. The van der Waals surface area contributed by atoms with Gasteiger partial charge >= 0.3 is 0 Å². The van der Waals surface area contributed by atoms with Crippen LogP contribution in [0.4, 0.5) is 0 Å². The van der Waals surface area contributed by atoms with Gasteiger partial charge in [0.15, 0.2) is 0 Å². The Kier molecular flexibility index (Phi) is 2.28. The smallest absolute Gasteiger partial charge is 0.226 e. The summed E-state index contributed by atoms with van der Waals surface area (Å²) in [5.74, 6) is 0.566. The Balaban J connectivity index is 2.48. The third-order valence-electron chi connectivity index (χ3n) is 1.95. The van der Waals surface area contributed by atoms with Crippen LogP contribution in [-0.2, 0) is 6.42 Å². The zero-order chi connectivity index (χ0) is 9.80. The fourth-order valence-electron chi connectivity index (χ4n) is 1.32. The van der Waals surface area contributed by atoms with Crippen molar-refractivity contribution in [3.63, 3.8) is 0 Å². The molecule has 0 fully saturated rings. The van der Waals surface area contributed by atoms with E-state index in [2.05, 4.69) is 11.1 Å². The molecular formula is C11H8N2O. The topological polar surface area (TPSA) is 49.8 Å². The normalized spacial score (nSPS) is 9.64. The van der Waals surface area contributed by atoms with Crippen LogP contribution >= 0.6 is 0 Å². The molecule has 3 heteroatoms. The quantitative estimate of drug-likeness (QED) is 0.720. The maximum atomic E-state index is 8.64. The van der Waals surface area contributed by atoms with Gasteiger partial charge in [-0.2, -0.15) is 5.26 Å². The van der Waals surface area contributed by atoms with Crippen molar-refractivity contribution < 1.29 is 4.42 Å². The molecule has 0 amide bonds. The van der Waals surface area contributed by atoms with E-state index in [1.165, 1.54) is 6.26 Å². The molecule has 0 saturated carbocycles. The highest BCUT2D eigenvalue weighted by Crippen LogP contribution is 2.21. The highest BCUT2D eigenvalue weighted by molar-refractivity contribution is 5.58. The van der Waals surface area contributed by atoms with Gasteiger partial charge in [0, 0.05) is 5.56 Å². The maximum Gasteiger partial charge on any atom is 0.226 e. The Hall–Kier alpha value is -2.08. The van der Waals surface area contributed by atoms with E-state index in [1.807, 2.05) is 24.3 Å². The second-order valence-corrected chi connectivity index (χ2v) is 2.83. The minimum absolute atomic E-state index is 0.374. The van der Waals surface area contributed by atoms with Crippen LogP contribution in [-0.4, -0.2) is 4.98 Å². The molecule has 68 valence electrons. The first-order chi connectivity index (χ1) is 6.92. The van der Waals surface area contributed by atoms with Gasteiger partial charge in [0.1, 0.15) is 6.26 Å². The average molecular weight is 184 g/mol. The molecular weight excluding hydrogens is 176 g/mol. The SMILES string of the molecule is N#CCc1ccccc1-c1ncco1. The van der Waals surface area contributed by atoms with Gasteiger partial charge in [0.25, 0.3) is 0 Å². The summed E-state index contributed by atoms with van der Waals surface area (Å²) in [7, 11) is 0. The first-order valence-electron chi connectivity index (χ1n) is 4.26. The Morgan fingerprint density at radius 3 is 2.93 bits per heavy atom. The van der Waals surface area contributed by atoms with Crippen molar-refractivity contribution in [2.75, 3.05) is 0 Å². The van der Waals surface area contributed by atoms with Crippen LogP contribution < -0.4 is 0 Å². The molecule has 14 heavy (non-hydrogen) atoms. The number of rotatable bonds is 2. The van der Waals surface area contributed by atoms with Crippen molar-refractivity contribution in [2.45, 2.75) is 6.42 Å². The summed E-state index contributed by atoms with van der Waals surface area (Å²) in [6, 6.07) is 9.73. The predicted molar refractivity (Wildman–Crippen MR) is 51.3 cm³/mol. The van der Waals surface area contributed by atoms with Gasteiger partial charge in [-0.15, -0.1) is 0 Å². The molecule has 0 radical (unpaired) electrons. The number of hydrogen-bond donors (Lipinski definition) is 0. The van der Waals surface area contributed by atoms with Gasteiger partial charge in [-0.3, -0.25) is 0 Å². The van der Waals surface area contributed by atoms with Gasteiger partial charge in [-0.05, 0) is 11.6 Å². The molecule has 3 nitrogen and oxygen atoms in total. The first-order valence-corrected chi connectivity index (χ1v) is 4.26. The van der Waals surface area contributed by atoms with Crippen molar-refractivity contribution in [1.29, 1.82) is 5.26 Å². The molecule has 0 bridgehead atoms. The van der Waals surface area contributed by atoms with Crippen molar-refractivity contribution in [2.24, 2.45) is 0 Å². The van der Waals surface area contributed by atoms with Crippen LogP contribution in [0.3, 0.4) is 0 Å². The molecule has 0 spiro atoms. The molecule has 0 aliphatic heterocycles. The van der Waals surface area contributed by atoms with E-state index in [9.17, 15) is 0 Å². The lowest BCUT2D eigenvalue weighted by Crippen LogP contribution is -1.87. The van der Waals surface area contributed by atoms with Gasteiger partial charge in [-0.1, -0.05) is 18.2 Å². The maximum absolute atomic E-state index is 8.64. The molecule has 1 aromatic carbocycles. The lowest BCUT2D eigenvalue weighted by molar-refractivity contribution is 0.574. The highest BCUT2D eigenvalue weighted by Gasteiger charge is 2.06. The molecule has 0 saturated heterocycles. The highest BCUT2D eigenvalue weighted by atomic mass is 16.3. The lowest BCUT2D eigenvalue weighted by Gasteiger charge is -2.00. The Morgan fingerprint density at radius 1 is 1.36 bits per heavy atom. The van der Waals surface area contributed by atoms with Crippen molar-refractivity contribution >= 4 is 0 Å². The summed E-state index contributed by atoms with van der Waals surface area (Å²) in [6.07, 6.45) is 3.50. The second-order valence-electron chi connectivity index (χ2n) is 2.83. The molecule has 1 aromatic heterocycles. The van der Waals surface area contributed by atoms with E-state index < -0.39 is 0 Å². The molecule has 2 aromatic rings. The van der Waals surface area contributed by atoms with E-state index >= 15 is 0 Å². The van der Waals surface area contributed by atoms with E-state index in [-0.39, 0.29) is 0 Å². The van der Waals surface area contributed by atoms with Crippen LogP contribution in [0, 0.1) is 11.3 Å². The average Bonchev–Trinajstić information content (AvgIpc) is 2.72. The van der Waals surface area contributed by atoms with E-state index in [0.29, 0.717) is 12.3 Å². The van der Waals surface area contributed by atoms with E-state index in [1.54, 1.807) is 6.20 Å². The molecule has 2 rings (SSSR count). The van der Waals surface area contributed by atoms with Crippen molar-refractivity contribution in [1.82, 2.24) is 4.98 Å². The number of hydrogen-bond acceptors (Lipinski definition) is 3. The minimum Gasteiger partial charge on any atom is -0.445 e. The Labute approximate surface area is 81.6 Å². The summed E-state index contributed by atoms with van der Waals surface area (Å²) < 4.78 is 5.19. The number of benzene rings is 1. The molecule has 0 unspecified atom stereocenters. The zero-order valence-corrected chi connectivity index (χ0v) is 7.47. The third-order valence-corrected chi connectivity index (χ3v) is 1.95. The summed E-state index contributed by atoms with van der Waals surface area (Å²) in [6.45, 7) is 0. The van der Waals surface area contributed by atoms with Crippen LogP contribution in [0.25, 0.3) is 11.5 Å². The van der Waals surface area contributed by atoms with Gasteiger partial charge in [0.05, 0.1) is 18.7 Å². The van der Waals surface area contributed by atoms with E-state index in [4.69, 9.17) is 9.68 Å². The van der Waals surface area contributed by atoms with Crippen molar-refractivity contribution in [3.8, 4) is 17.5 Å². The summed E-state index contributed by atoms with van der Waals surface area (Å²) in [5.41, 5.74) is 1.83. The van der Waals surface area contributed by atoms with Gasteiger partial charge < -0.3 is 4.42 Å². The van der Waals surface area contributed by atoms with Crippen LogP contribution in [0.2, 0.25) is 0 Å². The number of oxazole rings is 1. The Morgan fingerprint density at radius 2 is 2.21 bits per heavy atom. The molecule has 0 N–H and O–H groups in total. The fourth-order valence-corrected chi connectivity index (χ4v) is 1.32. The van der Waals surface area contributed by atoms with Crippen LogP contribution in [0.15, 0.2) is 41.1 Å². The summed E-state index contributed by atoms with van der Waals surface area (Å²) in [5, 5.41) is 8.64. The molecule has 0 atom stereocenters. The van der Waals surface area contributed by atoms with Crippen molar-refractivity contribution in [3.05, 3.63) is 42.3 Å². The summed E-state index contributed by atoms with van der Waals surface area (Å²) >= 11 is 0.